The number of nitrogens with zero attached hydrogens (tertiary/aromatic N) is 1. The second-order valence-corrected chi connectivity index (χ2v) is 3.37. The lowest BCUT2D eigenvalue weighted by Gasteiger charge is -2.00. The number of hydrogen-bond acceptors (Lipinski definition) is 3. The summed E-state index contributed by atoms with van der Waals surface area (Å²) >= 11 is 6.68. The van der Waals surface area contributed by atoms with Crippen molar-refractivity contribution in [2.75, 3.05) is 7.11 Å². The predicted octanol–water partition coefficient (Wildman–Crippen LogP) is 3.03. The zero-order chi connectivity index (χ0) is 8.97. The number of halogens is 1. The first-order valence-electron chi connectivity index (χ1n) is 3.19. The molecule has 12 heavy (non-hydrogen) atoms. The van der Waals surface area contributed by atoms with Gasteiger partial charge >= 0.3 is 0 Å². The van der Waals surface area contributed by atoms with E-state index in [1.165, 1.54) is 0 Å². The second kappa shape index (κ2) is 4.54. The minimum absolute atomic E-state index is 0.822. The Hall–Kier alpha value is -0.450. The number of methoxy groups -OCH3 is 1. The summed E-state index contributed by atoms with van der Waals surface area (Å²) in [6.45, 7) is 0. The van der Waals surface area contributed by atoms with Crippen LogP contribution >= 0.6 is 34.8 Å². The summed E-state index contributed by atoms with van der Waals surface area (Å²) < 4.78 is 6.04. The summed E-state index contributed by atoms with van der Waals surface area (Å²) in [5.74, 6) is 0.822. The summed E-state index contributed by atoms with van der Waals surface area (Å²) in [6, 6.07) is 5.58. The quantitative estimate of drug-likeness (QED) is 0.474. The molecular formula is C8H6INOS. The molecule has 2 nitrogen and oxygen atoms in total. The zero-order valence-electron chi connectivity index (χ0n) is 6.37. The van der Waals surface area contributed by atoms with Gasteiger partial charge in [-0.3, -0.25) is 0 Å². The van der Waals surface area contributed by atoms with E-state index >= 15 is 0 Å². The minimum Gasteiger partial charge on any atom is -0.497 e. The maximum Gasteiger partial charge on any atom is 0.120 e. The summed E-state index contributed by atoms with van der Waals surface area (Å²) in [4.78, 5) is 3.88. The molecule has 0 heterocycles. The van der Waals surface area contributed by atoms with Crippen LogP contribution in [-0.2, 0) is 0 Å². The van der Waals surface area contributed by atoms with Crippen molar-refractivity contribution in [1.82, 2.24) is 0 Å². The molecule has 1 aromatic rings. The van der Waals surface area contributed by atoms with Crippen LogP contribution in [0, 0.1) is 3.57 Å². The average molecular weight is 291 g/mol. The Kier molecular flexibility index (Phi) is 3.65. The first-order valence-corrected chi connectivity index (χ1v) is 4.68. The van der Waals surface area contributed by atoms with Gasteiger partial charge in [-0.1, -0.05) is 0 Å². The van der Waals surface area contributed by atoms with Gasteiger partial charge in [0.05, 0.1) is 18.0 Å². The third-order valence-corrected chi connectivity index (χ3v) is 2.28. The molecule has 0 saturated carbocycles. The molecule has 62 valence electrons. The van der Waals surface area contributed by atoms with E-state index in [-0.39, 0.29) is 0 Å². The highest BCUT2D eigenvalue weighted by molar-refractivity contribution is 14.1. The molecule has 0 aliphatic carbocycles. The van der Waals surface area contributed by atoms with Crippen LogP contribution in [0.3, 0.4) is 0 Å². The van der Waals surface area contributed by atoms with Crippen LogP contribution in [0.1, 0.15) is 0 Å². The predicted molar refractivity (Wildman–Crippen MR) is 60.4 cm³/mol. The van der Waals surface area contributed by atoms with E-state index in [1.807, 2.05) is 18.2 Å². The largest absolute Gasteiger partial charge is 0.497 e. The van der Waals surface area contributed by atoms with Gasteiger partial charge < -0.3 is 4.74 Å². The Balaban J connectivity index is 3.11. The van der Waals surface area contributed by atoms with E-state index in [1.54, 1.807) is 7.11 Å². The van der Waals surface area contributed by atoms with E-state index in [0.717, 1.165) is 15.0 Å². The molecule has 0 atom stereocenters. The maximum atomic E-state index is 5.04. The third kappa shape index (κ3) is 2.27. The Labute approximate surface area is 89.8 Å². The molecule has 0 radical (unpaired) electrons. The summed E-state index contributed by atoms with van der Waals surface area (Å²) in [7, 11) is 1.63. The fraction of sp³-hybridized carbons (Fsp3) is 0.125. The number of aliphatic imine (C=N–C) groups is 1. The first kappa shape index (κ1) is 9.64. The third-order valence-electron chi connectivity index (χ3n) is 1.32. The second-order valence-electron chi connectivity index (χ2n) is 2.02. The zero-order valence-corrected chi connectivity index (χ0v) is 9.35. The van der Waals surface area contributed by atoms with Crippen molar-refractivity contribution < 1.29 is 4.74 Å². The molecule has 0 unspecified atom stereocenters. The van der Waals surface area contributed by atoms with Crippen molar-refractivity contribution in [3.05, 3.63) is 21.8 Å². The SMILES string of the molecule is COc1ccc(N=C=S)c(I)c1. The number of benzene rings is 1. The van der Waals surface area contributed by atoms with Gasteiger partial charge in [-0.15, -0.1) is 0 Å². The molecule has 4 heteroatoms. The van der Waals surface area contributed by atoms with Crippen LogP contribution in [0.2, 0.25) is 0 Å². The number of ether oxygens (including phenoxy) is 1. The number of thiocarbonyl (C=S) groups is 1. The molecule has 0 aliphatic heterocycles. The van der Waals surface area contributed by atoms with E-state index in [4.69, 9.17) is 4.74 Å². The molecule has 0 aromatic heterocycles. The van der Waals surface area contributed by atoms with Gasteiger partial charge in [0.1, 0.15) is 5.75 Å². The lowest BCUT2D eigenvalue weighted by molar-refractivity contribution is 0.414. The van der Waals surface area contributed by atoms with Gasteiger partial charge in [0.2, 0.25) is 0 Å². The highest BCUT2D eigenvalue weighted by atomic mass is 127. The molecule has 0 saturated heterocycles. The number of hydrogen-bond donors (Lipinski definition) is 0. The summed E-state index contributed by atoms with van der Waals surface area (Å²) in [6.07, 6.45) is 0. The normalized spacial score (nSPS) is 8.83. The summed E-state index contributed by atoms with van der Waals surface area (Å²) in [5, 5.41) is 2.33. The lowest BCUT2D eigenvalue weighted by atomic mass is 10.3. The van der Waals surface area contributed by atoms with E-state index in [2.05, 4.69) is 45.0 Å². The van der Waals surface area contributed by atoms with Crippen molar-refractivity contribution in [1.29, 1.82) is 0 Å². The molecular weight excluding hydrogens is 285 g/mol. The van der Waals surface area contributed by atoms with E-state index in [0.29, 0.717) is 0 Å². The van der Waals surface area contributed by atoms with E-state index < -0.39 is 0 Å². The Morgan fingerprint density at radius 1 is 1.58 bits per heavy atom. The standard InChI is InChI=1S/C8H6INOS/c1-11-6-2-3-8(10-5-12)7(9)4-6/h2-4H,1H3. The maximum absolute atomic E-state index is 5.04. The Morgan fingerprint density at radius 2 is 2.33 bits per heavy atom. The van der Waals surface area contributed by atoms with E-state index in [9.17, 15) is 0 Å². The van der Waals surface area contributed by atoms with Gasteiger partial charge in [0, 0.05) is 3.57 Å². The number of rotatable bonds is 2. The van der Waals surface area contributed by atoms with Crippen molar-refractivity contribution in [3.63, 3.8) is 0 Å². The Morgan fingerprint density at radius 3 is 2.83 bits per heavy atom. The highest BCUT2D eigenvalue weighted by Crippen LogP contribution is 2.25. The Bertz CT molecular complexity index is 334. The molecule has 0 spiro atoms. The monoisotopic (exact) mass is 291 g/mol. The van der Waals surface area contributed by atoms with Crippen molar-refractivity contribution in [2.24, 2.45) is 4.99 Å². The fourth-order valence-electron chi connectivity index (χ4n) is 0.754. The van der Waals surface area contributed by atoms with Crippen LogP contribution in [0.5, 0.6) is 5.75 Å². The van der Waals surface area contributed by atoms with Crippen molar-refractivity contribution in [3.8, 4) is 5.75 Å². The van der Waals surface area contributed by atoms with Crippen LogP contribution in [-0.4, -0.2) is 12.3 Å². The lowest BCUT2D eigenvalue weighted by Crippen LogP contribution is -1.82. The highest BCUT2D eigenvalue weighted by Gasteiger charge is 1.98. The first-order chi connectivity index (χ1) is 5.77. The minimum atomic E-state index is 0.822. The molecule has 0 amide bonds. The molecule has 0 fully saturated rings. The van der Waals surface area contributed by atoms with Gasteiger partial charge in [0.25, 0.3) is 0 Å². The topological polar surface area (TPSA) is 21.6 Å². The number of isothiocyanates is 1. The smallest absolute Gasteiger partial charge is 0.120 e. The van der Waals surface area contributed by atoms with Gasteiger partial charge in [-0.25, -0.2) is 0 Å². The van der Waals surface area contributed by atoms with Crippen molar-refractivity contribution in [2.45, 2.75) is 0 Å². The molecule has 0 N–H and O–H groups in total. The van der Waals surface area contributed by atoms with Crippen LogP contribution < -0.4 is 4.74 Å². The summed E-state index contributed by atoms with van der Waals surface area (Å²) in [5.41, 5.74) is 0.825. The molecule has 1 rings (SSSR count). The average Bonchev–Trinajstić information content (AvgIpc) is 2.09. The van der Waals surface area contributed by atoms with Crippen LogP contribution in [0.25, 0.3) is 0 Å². The van der Waals surface area contributed by atoms with Crippen LogP contribution in [0.15, 0.2) is 23.2 Å². The molecule has 0 aliphatic rings. The fourth-order valence-corrected chi connectivity index (χ4v) is 1.46. The van der Waals surface area contributed by atoms with Gasteiger partial charge in [-0.2, -0.15) is 4.99 Å². The molecule has 0 bridgehead atoms. The van der Waals surface area contributed by atoms with Gasteiger partial charge in [-0.05, 0) is 53.0 Å². The van der Waals surface area contributed by atoms with Crippen molar-refractivity contribution >= 4 is 45.7 Å². The molecule has 1 aromatic carbocycles. The van der Waals surface area contributed by atoms with Crippen LogP contribution in [0.4, 0.5) is 5.69 Å². The van der Waals surface area contributed by atoms with Gasteiger partial charge in [0.15, 0.2) is 0 Å².